The van der Waals surface area contributed by atoms with Gasteiger partial charge >= 0.3 is 0 Å². The van der Waals surface area contributed by atoms with Crippen molar-refractivity contribution in [2.75, 3.05) is 11.4 Å². The van der Waals surface area contributed by atoms with E-state index in [4.69, 9.17) is 4.74 Å². The Bertz CT molecular complexity index is 2110. The van der Waals surface area contributed by atoms with Gasteiger partial charge in [0.1, 0.15) is 11.5 Å². The van der Waals surface area contributed by atoms with Crippen LogP contribution in [0.15, 0.2) is 193 Å². The van der Waals surface area contributed by atoms with Crippen LogP contribution in [0.2, 0.25) is 0 Å². The van der Waals surface area contributed by atoms with E-state index < -0.39 is 0 Å². The first-order valence-electron chi connectivity index (χ1n) is 18.7. The van der Waals surface area contributed by atoms with Crippen LogP contribution in [-0.4, -0.2) is 19.1 Å². The van der Waals surface area contributed by atoms with E-state index in [9.17, 15) is 0 Å². The molecule has 1 aliphatic heterocycles. The van der Waals surface area contributed by atoms with Crippen LogP contribution in [0.3, 0.4) is 0 Å². The molecular formula is C50H55N3O. The van der Waals surface area contributed by atoms with Crippen molar-refractivity contribution in [3.8, 4) is 0 Å². The summed E-state index contributed by atoms with van der Waals surface area (Å²) in [6.45, 7) is 27.2. The third-order valence-electron chi connectivity index (χ3n) is 9.35. The number of nitrogens with zero attached hydrogens (tertiary/aromatic N) is 3. The molecule has 1 aliphatic carbocycles. The van der Waals surface area contributed by atoms with Crippen molar-refractivity contribution in [1.29, 1.82) is 0 Å². The normalized spacial score (nSPS) is 16.4. The van der Waals surface area contributed by atoms with E-state index in [2.05, 4.69) is 173 Å². The zero-order chi connectivity index (χ0) is 38.9. The van der Waals surface area contributed by atoms with Crippen molar-refractivity contribution in [3.63, 3.8) is 0 Å². The van der Waals surface area contributed by atoms with Gasteiger partial charge in [-0.25, -0.2) is 4.99 Å². The molecule has 6 rings (SSSR count). The molecule has 0 spiro atoms. The molecule has 276 valence electrons. The predicted octanol–water partition coefficient (Wildman–Crippen LogP) is 13.7. The van der Waals surface area contributed by atoms with Crippen LogP contribution in [0.4, 0.5) is 11.4 Å². The third-order valence-corrected chi connectivity index (χ3v) is 9.35. The number of hydrogen-bond donors (Lipinski definition) is 0. The summed E-state index contributed by atoms with van der Waals surface area (Å²) in [5, 5.41) is 2.54. The number of anilines is 2. The van der Waals surface area contributed by atoms with E-state index in [0.717, 1.165) is 70.8 Å². The molecule has 54 heavy (non-hydrogen) atoms. The molecule has 4 nitrogen and oxygen atoms in total. The maximum Gasteiger partial charge on any atom is 0.154 e. The number of fused-ring (bicyclic) bond motifs is 2. The first-order chi connectivity index (χ1) is 26.3. The molecule has 0 fully saturated rings. The summed E-state index contributed by atoms with van der Waals surface area (Å²) in [6, 6.07) is 31.5. The summed E-state index contributed by atoms with van der Waals surface area (Å²) in [4.78, 5) is 10.7. The van der Waals surface area contributed by atoms with Gasteiger partial charge in [-0.15, -0.1) is 13.2 Å². The molecule has 0 saturated heterocycles. The highest BCUT2D eigenvalue weighted by molar-refractivity contribution is 6.02. The van der Waals surface area contributed by atoms with E-state index in [1.165, 1.54) is 16.3 Å². The molecule has 4 heteroatoms. The predicted molar refractivity (Wildman–Crippen MR) is 237 cm³/mol. The molecule has 4 aromatic carbocycles. The minimum Gasteiger partial charge on any atom is -0.461 e. The maximum absolute atomic E-state index is 6.50. The van der Waals surface area contributed by atoms with Crippen LogP contribution in [0.25, 0.3) is 16.3 Å². The number of amidine groups is 1. The molecule has 0 radical (unpaired) electrons. The van der Waals surface area contributed by atoms with Crippen molar-refractivity contribution < 1.29 is 4.74 Å². The van der Waals surface area contributed by atoms with Gasteiger partial charge in [0.25, 0.3) is 0 Å². The smallest absolute Gasteiger partial charge is 0.154 e. The minimum atomic E-state index is -0.0482. The Balaban J connectivity index is 0.000000276. The topological polar surface area (TPSA) is 37.2 Å². The van der Waals surface area contributed by atoms with Crippen LogP contribution < -0.4 is 4.90 Å². The summed E-state index contributed by atoms with van der Waals surface area (Å²) >= 11 is 0. The zero-order valence-electron chi connectivity index (χ0n) is 32.6. The summed E-state index contributed by atoms with van der Waals surface area (Å²) < 4.78 is 6.50. The highest BCUT2D eigenvalue weighted by Gasteiger charge is 2.28. The molecule has 0 aromatic heterocycles. The molecule has 0 amide bonds. The van der Waals surface area contributed by atoms with Gasteiger partial charge in [-0.2, -0.15) is 0 Å². The Hall–Kier alpha value is -6.00. The van der Waals surface area contributed by atoms with Gasteiger partial charge in [-0.3, -0.25) is 4.99 Å². The summed E-state index contributed by atoms with van der Waals surface area (Å²) in [6.07, 6.45) is 20.7. The first-order valence-corrected chi connectivity index (χ1v) is 18.7. The zero-order valence-corrected chi connectivity index (χ0v) is 32.6. The average molecular weight is 714 g/mol. The Morgan fingerprint density at radius 3 is 2.24 bits per heavy atom. The lowest BCUT2D eigenvalue weighted by Crippen LogP contribution is -2.19. The number of benzene rings is 4. The largest absolute Gasteiger partial charge is 0.461 e. The van der Waals surface area contributed by atoms with Crippen molar-refractivity contribution in [3.05, 3.63) is 200 Å². The minimum absolute atomic E-state index is 0.0482. The summed E-state index contributed by atoms with van der Waals surface area (Å²) in [5.74, 6) is 2.43. The van der Waals surface area contributed by atoms with E-state index in [0.29, 0.717) is 12.4 Å². The van der Waals surface area contributed by atoms with Crippen LogP contribution in [-0.2, 0) is 11.2 Å². The van der Waals surface area contributed by atoms with Gasteiger partial charge in [0.15, 0.2) is 5.84 Å². The molecule has 0 atom stereocenters. The van der Waals surface area contributed by atoms with Crippen molar-refractivity contribution in [2.45, 2.75) is 53.4 Å². The lowest BCUT2D eigenvalue weighted by molar-refractivity contribution is 0.214. The highest BCUT2D eigenvalue weighted by Crippen LogP contribution is 2.42. The number of rotatable bonds is 10. The Labute approximate surface area is 324 Å². The van der Waals surface area contributed by atoms with Crippen LogP contribution >= 0.6 is 0 Å². The van der Waals surface area contributed by atoms with E-state index in [1.807, 2.05) is 42.5 Å². The molecular weight excluding hydrogens is 659 g/mol. The fourth-order valence-corrected chi connectivity index (χ4v) is 6.30. The number of hydrogen-bond acceptors (Lipinski definition) is 3. The van der Waals surface area contributed by atoms with Gasteiger partial charge in [-0.1, -0.05) is 150 Å². The molecule has 0 N–H and O–H groups in total. The summed E-state index contributed by atoms with van der Waals surface area (Å²) in [5.41, 5.74) is 7.62. The van der Waals surface area contributed by atoms with E-state index >= 15 is 0 Å². The number of ether oxygens (including phenoxy) is 1. The van der Waals surface area contributed by atoms with Gasteiger partial charge in [0, 0.05) is 33.7 Å². The maximum atomic E-state index is 6.50. The van der Waals surface area contributed by atoms with Crippen LogP contribution in [0.1, 0.15) is 63.6 Å². The van der Waals surface area contributed by atoms with Crippen LogP contribution in [0.5, 0.6) is 0 Å². The van der Waals surface area contributed by atoms with Crippen molar-refractivity contribution in [1.82, 2.24) is 0 Å². The highest BCUT2D eigenvalue weighted by atomic mass is 16.5. The molecule has 0 unspecified atom stereocenters. The lowest BCUT2D eigenvalue weighted by Gasteiger charge is -2.31. The monoisotopic (exact) mass is 713 g/mol. The van der Waals surface area contributed by atoms with Crippen molar-refractivity contribution in [2.24, 2.45) is 15.4 Å². The lowest BCUT2D eigenvalue weighted by atomic mass is 9.84. The fraction of sp³-hybridized carbons (Fsp3) is 0.200. The number of aryl methyl sites for hydroxylation is 1. The SMILES string of the molecule is C=C.C=C/C(=C\CCC)CN=C(N=C)c1ccccc1.C=C1/C(OC2=CC=CCC2(C)C)=C\C=C/N(c2ccc(CC)c3ccccc23)c2ccccc21. The first kappa shape index (κ1) is 40.8. The molecule has 2 aliphatic rings. The van der Waals surface area contributed by atoms with Gasteiger partial charge in [0.05, 0.1) is 17.9 Å². The molecule has 0 saturated carbocycles. The Morgan fingerprint density at radius 1 is 0.852 bits per heavy atom. The molecule has 1 heterocycles. The fourth-order valence-electron chi connectivity index (χ4n) is 6.30. The third kappa shape index (κ3) is 10.1. The average Bonchev–Trinajstić information content (AvgIpc) is 3.21. The number of allylic oxidation sites excluding steroid dienone is 8. The van der Waals surface area contributed by atoms with Crippen LogP contribution in [0, 0.1) is 5.41 Å². The second-order valence-electron chi connectivity index (χ2n) is 13.5. The standard InChI is InChI=1S/C32H31NO.C16H20N2.C2H4/c1-5-24-19-20-29(27-15-7-6-14-26(24)27)33-22-12-17-30(23(2)25-13-8-9-16-28(25)33)34-31-18-10-11-21-32(31,3)4;1-4-6-10-14(5-2)13-18-16(17-3)15-11-8-7-9-12-15;1-2/h6-20,22H,2,5,21H2,1,3-4H3;5,7-12H,2-4,6,13H2,1H3;1-2H2/b22-12-,30-17+;14-10+,18-16?;. The second kappa shape index (κ2) is 20.3. The van der Waals surface area contributed by atoms with Gasteiger partial charge < -0.3 is 9.64 Å². The Kier molecular flexibility index (Phi) is 15.3. The molecule has 4 aromatic rings. The number of aliphatic imine (C=N–C) groups is 2. The molecule has 0 bridgehead atoms. The quantitative estimate of drug-likeness (QED) is 0.0710. The van der Waals surface area contributed by atoms with E-state index in [-0.39, 0.29) is 5.41 Å². The summed E-state index contributed by atoms with van der Waals surface area (Å²) in [7, 11) is 0. The van der Waals surface area contributed by atoms with Gasteiger partial charge in [-0.05, 0) is 72.9 Å². The van der Waals surface area contributed by atoms with Crippen molar-refractivity contribution >= 4 is 40.3 Å². The number of para-hydroxylation sites is 1. The van der Waals surface area contributed by atoms with Gasteiger partial charge in [0.2, 0.25) is 0 Å². The number of unbranched alkanes of at least 4 members (excludes halogenated alkanes) is 1. The Morgan fingerprint density at radius 2 is 1.56 bits per heavy atom. The second-order valence-corrected chi connectivity index (χ2v) is 13.5. The van der Waals surface area contributed by atoms with E-state index in [1.54, 1.807) is 0 Å².